The third-order valence-corrected chi connectivity index (χ3v) is 3.15. The maximum absolute atomic E-state index is 12.0. The van der Waals surface area contributed by atoms with Crippen LogP contribution in [0.5, 0.6) is 0 Å². The number of pyridine rings is 1. The average molecular weight is 327 g/mol. The Morgan fingerprint density at radius 3 is 2.78 bits per heavy atom. The lowest BCUT2D eigenvalue weighted by Crippen LogP contribution is -2.14. The molecule has 0 fully saturated rings. The Bertz CT molecular complexity index is 604. The van der Waals surface area contributed by atoms with E-state index >= 15 is 0 Å². The van der Waals surface area contributed by atoms with E-state index in [-0.39, 0.29) is 5.91 Å². The monoisotopic (exact) mass is 325 g/mol. The Labute approximate surface area is 117 Å². The first kappa shape index (κ1) is 12.9. The molecular formula is C12H9BrClN3O. The van der Waals surface area contributed by atoms with E-state index < -0.39 is 0 Å². The van der Waals surface area contributed by atoms with E-state index in [2.05, 4.69) is 26.2 Å². The van der Waals surface area contributed by atoms with Crippen molar-refractivity contribution in [2.75, 3.05) is 11.1 Å². The Balaban J connectivity index is 2.24. The molecule has 0 aliphatic carbocycles. The van der Waals surface area contributed by atoms with Gasteiger partial charge in [-0.25, -0.2) is 4.98 Å². The van der Waals surface area contributed by atoms with E-state index in [1.165, 1.54) is 6.20 Å². The maximum Gasteiger partial charge on any atom is 0.258 e. The molecule has 3 N–H and O–H groups in total. The molecule has 1 heterocycles. The van der Waals surface area contributed by atoms with Gasteiger partial charge in [-0.3, -0.25) is 4.79 Å². The van der Waals surface area contributed by atoms with Gasteiger partial charge in [-0.05, 0) is 34.1 Å². The number of hydrogen-bond donors (Lipinski definition) is 2. The molecule has 1 aromatic carbocycles. The van der Waals surface area contributed by atoms with Gasteiger partial charge in [0.05, 0.1) is 26.9 Å². The quantitative estimate of drug-likeness (QED) is 0.889. The Morgan fingerprint density at radius 2 is 2.11 bits per heavy atom. The fraction of sp³-hybridized carbons (Fsp3) is 0. The number of amides is 1. The van der Waals surface area contributed by atoms with Gasteiger partial charge in [0.2, 0.25) is 0 Å². The molecule has 92 valence electrons. The predicted molar refractivity (Wildman–Crippen MR) is 75.8 cm³/mol. The van der Waals surface area contributed by atoms with Crippen molar-refractivity contribution in [3.63, 3.8) is 0 Å². The highest BCUT2D eigenvalue weighted by Crippen LogP contribution is 2.23. The molecule has 0 aliphatic heterocycles. The van der Waals surface area contributed by atoms with Crippen molar-refractivity contribution in [1.82, 2.24) is 4.98 Å². The molecule has 0 saturated carbocycles. The number of nitrogens with two attached hydrogens (primary N) is 1. The molecule has 0 aliphatic rings. The molecule has 0 radical (unpaired) electrons. The van der Waals surface area contributed by atoms with Crippen LogP contribution in [-0.4, -0.2) is 10.9 Å². The van der Waals surface area contributed by atoms with Crippen molar-refractivity contribution in [3.8, 4) is 0 Å². The first-order chi connectivity index (χ1) is 8.58. The summed E-state index contributed by atoms with van der Waals surface area (Å²) >= 11 is 9.21. The average Bonchev–Trinajstić information content (AvgIpc) is 2.33. The maximum atomic E-state index is 12.0. The molecule has 0 saturated heterocycles. The number of rotatable bonds is 2. The van der Waals surface area contributed by atoms with Crippen molar-refractivity contribution in [2.24, 2.45) is 0 Å². The summed E-state index contributed by atoms with van der Waals surface area (Å²) < 4.78 is 0.614. The van der Waals surface area contributed by atoms with Crippen LogP contribution < -0.4 is 11.1 Å². The van der Waals surface area contributed by atoms with Gasteiger partial charge in [-0.2, -0.15) is 0 Å². The molecule has 0 bridgehead atoms. The number of anilines is 2. The van der Waals surface area contributed by atoms with Crippen LogP contribution in [0.15, 0.2) is 41.0 Å². The number of benzene rings is 1. The number of nitrogen functional groups attached to an aromatic ring is 1. The predicted octanol–water partition coefficient (Wildman–Crippen LogP) is 3.33. The zero-order chi connectivity index (χ0) is 13.1. The summed E-state index contributed by atoms with van der Waals surface area (Å²) in [7, 11) is 0. The number of hydrogen-bond acceptors (Lipinski definition) is 3. The summed E-state index contributed by atoms with van der Waals surface area (Å²) in [6.07, 6.45) is 1.47. The Hall–Kier alpha value is -1.59. The van der Waals surface area contributed by atoms with Crippen LogP contribution in [0.25, 0.3) is 0 Å². The second kappa shape index (κ2) is 5.37. The number of nitrogens with one attached hydrogen (secondary N) is 1. The van der Waals surface area contributed by atoms with E-state index in [9.17, 15) is 4.79 Å². The lowest BCUT2D eigenvalue weighted by atomic mass is 10.2. The van der Waals surface area contributed by atoms with Crippen LogP contribution in [-0.2, 0) is 0 Å². The highest BCUT2D eigenvalue weighted by molar-refractivity contribution is 9.10. The van der Waals surface area contributed by atoms with Crippen molar-refractivity contribution in [1.29, 1.82) is 0 Å². The smallest absolute Gasteiger partial charge is 0.258 e. The van der Waals surface area contributed by atoms with E-state index in [1.807, 2.05) is 0 Å². The van der Waals surface area contributed by atoms with E-state index in [0.29, 0.717) is 26.6 Å². The van der Waals surface area contributed by atoms with Gasteiger partial charge in [0.1, 0.15) is 5.82 Å². The molecule has 6 heteroatoms. The number of halogens is 2. The fourth-order valence-corrected chi connectivity index (χ4v) is 2.05. The fourth-order valence-electron chi connectivity index (χ4n) is 1.36. The van der Waals surface area contributed by atoms with Crippen molar-refractivity contribution in [3.05, 3.63) is 51.6 Å². The molecule has 0 unspecified atom stereocenters. The number of aromatic nitrogens is 1. The molecule has 18 heavy (non-hydrogen) atoms. The molecule has 4 nitrogen and oxygen atoms in total. The van der Waals surface area contributed by atoms with Gasteiger partial charge in [0.15, 0.2) is 0 Å². The van der Waals surface area contributed by atoms with Gasteiger partial charge in [0, 0.05) is 0 Å². The van der Waals surface area contributed by atoms with E-state index in [0.717, 1.165) is 0 Å². The first-order valence-corrected chi connectivity index (χ1v) is 6.22. The van der Waals surface area contributed by atoms with Gasteiger partial charge < -0.3 is 11.1 Å². The van der Waals surface area contributed by atoms with E-state index in [1.54, 1.807) is 30.3 Å². The Kier molecular flexibility index (Phi) is 3.84. The number of carbonyl (C=O) groups is 1. The minimum atomic E-state index is -0.321. The highest BCUT2D eigenvalue weighted by atomic mass is 79.9. The van der Waals surface area contributed by atoms with Crippen LogP contribution >= 0.6 is 27.5 Å². The largest absolute Gasteiger partial charge is 0.397 e. The van der Waals surface area contributed by atoms with Crippen LogP contribution in [0.4, 0.5) is 11.5 Å². The van der Waals surface area contributed by atoms with Crippen LogP contribution in [0.2, 0.25) is 5.02 Å². The standard InChI is InChI=1S/C12H9BrClN3O/c13-9-5-7(15)6-16-11(9)17-12(18)8-3-1-2-4-10(8)14/h1-6H,15H2,(H,16,17,18). The van der Waals surface area contributed by atoms with Gasteiger partial charge >= 0.3 is 0 Å². The Morgan fingerprint density at radius 1 is 1.39 bits per heavy atom. The third kappa shape index (κ3) is 2.80. The summed E-state index contributed by atoms with van der Waals surface area (Å²) in [5, 5.41) is 3.05. The summed E-state index contributed by atoms with van der Waals surface area (Å²) in [5.74, 6) is 0.0766. The summed E-state index contributed by atoms with van der Waals surface area (Å²) in [6, 6.07) is 8.46. The topological polar surface area (TPSA) is 68.0 Å². The second-order valence-electron chi connectivity index (χ2n) is 3.53. The lowest BCUT2D eigenvalue weighted by molar-refractivity contribution is 0.102. The minimum absolute atomic E-state index is 0.321. The van der Waals surface area contributed by atoms with Crippen LogP contribution in [0, 0.1) is 0 Å². The number of nitrogens with zero attached hydrogens (tertiary/aromatic N) is 1. The van der Waals surface area contributed by atoms with Gasteiger partial charge in [-0.1, -0.05) is 23.7 Å². The summed E-state index contributed by atoms with van der Waals surface area (Å²) in [6.45, 7) is 0. The molecular weight excluding hydrogens is 318 g/mol. The number of carbonyl (C=O) groups excluding carboxylic acids is 1. The van der Waals surface area contributed by atoms with Gasteiger partial charge in [0.25, 0.3) is 5.91 Å². The minimum Gasteiger partial charge on any atom is -0.397 e. The molecule has 2 aromatic rings. The van der Waals surface area contributed by atoms with E-state index in [4.69, 9.17) is 17.3 Å². The van der Waals surface area contributed by atoms with Crippen LogP contribution in [0.1, 0.15) is 10.4 Å². The SMILES string of the molecule is Nc1cnc(NC(=O)c2ccccc2Cl)c(Br)c1. The normalized spacial score (nSPS) is 10.1. The lowest BCUT2D eigenvalue weighted by Gasteiger charge is -2.07. The molecule has 0 spiro atoms. The summed E-state index contributed by atoms with van der Waals surface area (Å²) in [5.41, 5.74) is 6.47. The zero-order valence-corrected chi connectivity index (χ0v) is 11.5. The molecule has 1 amide bonds. The molecule has 0 atom stereocenters. The zero-order valence-electron chi connectivity index (χ0n) is 9.15. The van der Waals surface area contributed by atoms with Gasteiger partial charge in [-0.15, -0.1) is 0 Å². The molecule has 1 aromatic heterocycles. The first-order valence-electron chi connectivity index (χ1n) is 5.05. The van der Waals surface area contributed by atoms with Crippen molar-refractivity contribution < 1.29 is 4.79 Å². The van der Waals surface area contributed by atoms with Crippen molar-refractivity contribution in [2.45, 2.75) is 0 Å². The molecule has 2 rings (SSSR count). The second-order valence-corrected chi connectivity index (χ2v) is 4.79. The highest BCUT2D eigenvalue weighted by Gasteiger charge is 2.12. The third-order valence-electron chi connectivity index (χ3n) is 2.21. The van der Waals surface area contributed by atoms with Crippen LogP contribution in [0.3, 0.4) is 0 Å². The van der Waals surface area contributed by atoms with Crippen molar-refractivity contribution >= 4 is 44.9 Å². The summed E-state index contributed by atoms with van der Waals surface area (Å²) in [4.78, 5) is 16.0.